The largest absolute Gasteiger partial charge is 0.451 e. The molecule has 2 aromatic heterocycles. The van der Waals surface area contributed by atoms with Gasteiger partial charge in [-0.15, -0.1) is 10.2 Å². The molecule has 118 valence electrons. The molecule has 1 aromatic carbocycles. The fourth-order valence-corrected chi connectivity index (χ4v) is 1.66. The molecule has 2 heterocycles. The van der Waals surface area contributed by atoms with Crippen molar-refractivity contribution in [1.29, 1.82) is 0 Å². The maximum atomic E-state index is 12.4. The van der Waals surface area contributed by atoms with E-state index in [1.807, 2.05) is 6.07 Å². The second-order valence-corrected chi connectivity index (χ2v) is 4.31. The summed E-state index contributed by atoms with van der Waals surface area (Å²) >= 11 is 0. The standard InChI is InChI=1S/C12H8F3N7O/c13-12(14,15)10-18-11(20-19-10)17-9(23)8-6-16-22(21-8)7-4-2-1-3-5-7/h1-6H,(H2,17,18,19,20,23). The van der Waals surface area contributed by atoms with Crippen molar-refractivity contribution < 1.29 is 18.0 Å². The van der Waals surface area contributed by atoms with Crippen LogP contribution in [0.15, 0.2) is 36.5 Å². The fourth-order valence-electron chi connectivity index (χ4n) is 1.66. The van der Waals surface area contributed by atoms with Crippen molar-refractivity contribution in [3.63, 3.8) is 0 Å². The molecule has 0 bridgehead atoms. The number of nitrogens with one attached hydrogen (secondary N) is 2. The average molecular weight is 323 g/mol. The van der Waals surface area contributed by atoms with Gasteiger partial charge in [-0.25, -0.2) is 0 Å². The number of aromatic nitrogens is 6. The zero-order valence-electron chi connectivity index (χ0n) is 11.2. The minimum atomic E-state index is -4.67. The second kappa shape index (κ2) is 5.51. The smallest absolute Gasteiger partial charge is 0.288 e. The molecule has 0 saturated carbocycles. The van der Waals surface area contributed by atoms with Crippen molar-refractivity contribution >= 4 is 11.9 Å². The van der Waals surface area contributed by atoms with Gasteiger partial charge in [0.2, 0.25) is 11.8 Å². The van der Waals surface area contributed by atoms with Crippen molar-refractivity contribution in [2.75, 3.05) is 5.32 Å². The van der Waals surface area contributed by atoms with E-state index in [1.165, 1.54) is 11.0 Å². The molecule has 0 aliphatic rings. The number of rotatable bonds is 3. The number of nitrogens with zero attached hydrogens (tertiary/aromatic N) is 5. The van der Waals surface area contributed by atoms with Crippen LogP contribution in [0.2, 0.25) is 0 Å². The van der Waals surface area contributed by atoms with Gasteiger partial charge in [0.15, 0.2) is 5.69 Å². The van der Waals surface area contributed by atoms with Crippen LogP contribution < -0.4 is 5.32 Å². The number of carbonyl (C=O) groups excluding carboxylic acids is 1. The molecule has 0 aliphatic carbocycles. The average Bonchev–Trinajstić information content (AvgIpc) is 3.16. The van der Waals surface area contributed by atoms with Gasteiger partial charge in [0, 0.05) is 0 Å². The number of amides is 1. The van der Waals surface area contributed by atoms with Crippen LogP contribution in [0.4, 0.5) is 19.1 Å². The fraction of sp³-hybridized carbons (Fsp3) is 0.0833. The first-order valence-corrected chi connectivity index (χ1v) is 6.22. The quantitative estimate of drug-likeness (QED) is 0.763. The van der Waals surface area contributed by atoms with Crippen LogP contribution in [0.5, 0.6) is 0 Å². The zero-order valence-corrected chi connectivity index (χ0v) is 11.2. The van der Waals surface area contributed by atoms with Crippen LogP contribution in [0.25, 0.3) is 5.69 Å². The van der Waals surface area contributed by atoms with Crippen molar-refractivity contribution in [3.05, 3.63) is 48.0 Å². The van der Waals surface area contributed by atoms with Crippen molar-refractivity contribution in [2.24, 2.45) is 0 Å². The Balaban J connectivity index is 1.74. The van der Waals surface area contributed by atoms with Gasteiger partial charge in [0.25, 0.3) is 5.91 Å². The first kappa shape index (κ1) is 14.7. The van der Waals surface area contributed by atoms with Gasteiger partial charge in [-0.2, -0.15) is 28.1 Å². The molecule has 0 aliphatic heterocycles. The zero-order chi connectivity index (χ0) is 16.4. The Kier molecular flexibility index (Phi) is 3.52. The normalized spacial score (nSPS) is 11.4. The van der Waals surface area contributed by atoms with Crippen LogP contribution in [-0.4, -0.2) is 36.1 Å². The summed E-state index contributed by atoms with van der Waals surface area (Å²) in [6.07, 6.45) is -3.49. The van der Waals surface area contributed by atoms with Gasteiger partial charge < -0.3 is 0 Å². The molecule has 11 heteroatoms. The van der Waals surface area contributed by atoms with E-state index in [1.54, 1.807) is 29.4 Å². The Hall–Kier alpha value is -3.24. The summed E-state index contributed by atoms with van der Waals surface area (Å²) in [4.78, 5) is 16.3. The summed E-state index contributed by atoms with van der Waals surface area (Å²) in [6, 6.07) is 8.80. The van der Waals surface area contributed by atoms with Gasteiger partial charge in [-0.1, -0.05) is 18.2 Å². The summed E-state index contributed by atoms with van der Waals surface area (Å²) in [5, 5.41) is 14.9. The number of anilines is 1. The molecule has 3 aromatic rings. The van der Waals surface area contributed by atoms with Gasteiger partial charge in [-0.05, 0) is 12.1 Å². The van der Waals surface area contributed by atoms with E-state index < -0.39 is 23.9 Å². The summed E-state index contributed by atoms with van der Waals surface area (Å²) in [7, 11) is 0. The monoisotopic (exact) mass is 323 g/mol. The van der Waals surface area contributed by atoms with E-state index in [9.17, 15) is 18.0 Å². The molecular formula is C12H8F3N7O. The van der Waals surface area contributed by atoms with Gasteiger partial charge >= 0.3 is 6.18 Å². The molecule has 2 N–H and O–H groups in total. The van der Waals surface area contributed by atoms with E-state index >= 15 is 0 Å². The Morgan fingerprint density at radius 1 is 1.22 bits per heavy atom. The minimum absolute atomic E-state index is 0.0905. The maximum Gasteiger partial charge on any atom is 0.451 e. The Morgan fingerprint density at radius 2 is 1.96 bits per heavy atom. The molecule has 0 atom stereocenters. The number of para-hydroxylation sites is 1. The van der Waals surface area contributed by atoms with Crippen LogP contribution in [0, 0.1) is 0 Å². The molecular weight excluding hydrogens is 315 g/mol. The van der Waals surface area contributed by atoms with Crippen LogP contribution >= 0.6 is 0 Å². The number of halogens is 3. The Labute approximate surface area is 126 Å². The SMILES string of the molecule is O=C(Nc1n[nH]c(C(F)(F)F)n1)c1cnn(-c2ccccc2)n1. The van der Waals surface area contributed by atoms with Crippen molar-refractivity contribution in [1.82, 2.24) is 30.2 Å². The topological polar surface area (TPSA) is 101 Å². The third-order valence-electron chi connectivity index (χ3n) is 2.69. The lowest BCUT2D eigenvalue weighted by Gasteiger charge is -1.99. The third kappa shape index (κ3) is 3.17. The third-order valence-corrected chi connectivity index (χ3v) is 2.69. The number of benzene rings is 1. The minimum Gasteiger partial charge on any atom is -0.288 e. The van der Waals surface area contributed by atoms with Gasteiger partial charge in [-0.3, -0.25) is 15.2 Å². The van der Waals surface area contributed by atoms with E-state index in [-0.39, 0.29) is 5.69 Å². The van der Waals surface area contributed by atoms with Gasteiger partial charge in [0.05, 0.1) is 11.9 Å². The summed E-state index contributed by atoms with van der Waals surface area (Å²) in [5.41, 5.74) is 0.538. The predicted octanol–water partition coefficient (Wildman–Crippen LogP) is 1.66. The van der Waals surface area contributed by atoms with E-state index in [2.05, 4.69) is 25.6 Å². The lowest BCUT2D eigenvalue weighted by Crippen LogP contribution is -2.14. The molecule has 0 unspecified atom stereocenters. The number of aromatic amines is 1. The molecule has 0 saturated heterocycles. The summed E-state index contributed by atoms with van der Waals surface area (Å²) in [5.74, 6) is -2.59. The van der Waals surface area contributed by atoms with E-state index in [0.717, 1.165) is 0 Å². The van der Waals surface area contributed by atoms with E-state index in [4.69, 9.17) is 0 Å². The summed E-state index contributed by atoms with van der Waals surface area (Å²) in [6.45, 7) is 0. The molecule has 0 fully saturated rings. The van der Waals surface area contributed by atoms with Crippen molar-refractivity contribution in [3.8, 4) is 5.69 Å². The van der Waals surface area contributed by atoms with Crippen LogP contribution in [0.3, 0.4) is 0 Å². The lowest BCUT2D eigenvalue weighted by molar-refractivity contribution is -0.144. The highest BCUT2D eigenvalue weighted by Crippen LogP contribution is 2.26. The van der Waals surface area contributed by atoms with E-state index in [0.29, 0.717) is 5.69 Å². The molecule has 0 radical (unpaired) electrons. The number of hydrogen-bond acceptors (Lipinski definition) is 5. The molecule has 23 heavy (non-hydrogen) atoms. The highest BCUT2D eigenvalue weighted by atomic mass is 19.4. The van der Waals surface area contributed by atoms with Crippen LogP contribution in [0.1, 0.15) is 16.3 Å². The van der Waals surface area contributed by atoms with Gasteiger partial charge in [0.1, 0.15) is 0 Å². The lowest BCUT2D eigenvalue weighted by atomic mass is 10.3. The Morgan fingerprint density at radius 3 is 2.61 bits per heavy atom. The summed E-state index contributed by atoms with van der Waals surface area (Å²) < 4.78 is 37.1. The Bertz CT molecular complexity index is 825. The molecule has 8 nitrogen and oxygen atoms in total. The number of carbonyl (C=O) groups is 1. The molecule has 0 spiro atoms. The maximum absolute atomic E-state index is 12.4. The highest BCUT2D eigenvalue weighted by molar-refractivity contribution is 6.01. The molecule has 3 rings (SSSR count). The first-order valence-electron chi connectivity index (χ1n) is 6.22. The first-order chi connectivity index (χ1) is 10.9. The predicted molar refractivity (Wildman–Crippen MR) is 70.7 cm³/mol. The highest BCUT2D eigenvalue weighted by Gasteiger charge is 2.35. The number of alkyl halides is 3. The second-order valence-electron chi connectivity index (χ2n) is 4.31. The van der Waals surface area contributed by atoms with Crippen molar-refractivity contribution in [2.45, 2.75) is 6.18 Å². The number of H-pyrrole nitrogens is 1. The van der Waals surface area contributed by atoms with Crippen LogP contribution in [-0.2, 0) is 6.18 Å². The molecule has 1 amide bonds. The number of hydrogen-bond donors (Lipinski definition) is 2.